The average molecular weight is 283 g/mol. The Bertz CT molecular complexity index is 301. The number of hydrogen-bond donors (Lipinski definition) is 2. The second kappa shape index (κ2) is 6.93. The molecule has 0 aromatic carbocycles. The summed E-state index contributed by atoms with van der Waals surface area (Å²) in [6.45, 7) is 11.5. The zero-order chi connectivity index (χ0) is 15.4. The lowest BCUT2D eigenvalue weighted by Crippen LogP contribution is -2.57. The van der Waals surface area contributed by atoms with Gasteiger partial charge in [0.1, 0.15) is 0 Å². The van der Waals surface area contributed by atoms with E-state index in [-0.39, 0.29) is 5.92 Å². The highest BCUT2D eigenvalue weighted by Gasteiger charge is 2.35. The van der Waals surface area contributed by atoms with Crippen LogP contribution in [0.3, 0.4) is 0 Å². The van der Waals surface area contributed by atoms with Crippen molar-refractivity contribution in [2.24, 2.45) is 11.8 Å². The molecule has 0 atom stereocenters. The van der Waals surface area contributed by atoms with Gasteiger partial charge in [0, 0.05) is 11.1 Å². The minimum Gasteiger partial charge on any atom is -0.481 e. The van der Waals surface area contributed by atoms with Crippen LogP contribution in [-0.4, -0.2) is 22.2 Å². The lowest BCUT2D eigenvalue weighted by Gasteiger charge is -2.45. The van der Waals surface area contributed by atoms with Crippen molar-refractivity contribution < 1.29 is 9.90 Å². The predicted octanol–water partition coefficient (Wildman–Crippen LogP) is 4.21. The van der Waals surface area contributed by atoms with Gasteiger partial charge < -0.3 is 10.4 Å². The molecule has 3 nitrogen and oxygen atoms in total. The van der Waals surface area contributed by atoms with Gasteiger partial charge in [-0.25, -0.2) is 0 Å². The van der Waals surface area contributed by atoms with Crippen molar-refractivity contribution in [1.29, 1.82) is 0 Å². The molecule has 0 aromatic heterocycles. The van der Waals surface area contributed by atoms with Crippen molar-refractivity contribution in [1.82, 2.24) is 5.32 Å². The minimum atomic E-state index is -0.602. The molecule has 1 saturated heterocycles. The molecule has 0 unspecified atom stereocenters. The van der Waals surface area contributed by atoms with Crippen LogP contribution in [0.5, 0.6) is 0 Å². The molecule has 0 amide bonds. The third-order valence-electron chi connectivity index (χ3n) is 4.35. The van der Waals surface area contributed by atoms with Gasteiger partial charge in [-0.3, -0.25) is 4.79 Å². The number of rotatable bonds is 1. The standard InChI is InChI=1S/C10H21N.C7H12O2/c1-8-6-9(2,3)11-10(4,5)7-8;8-7(9)6-4-2-1-3-5-6/h8,11H,6-7H2,1-5H3;6H,1-5H2,(H,8,9). The lowest BCUT2D eigenvalue weighted by molar-refractivity contribution is -0.142. The Balaban J connectivity index is 0.000000204. The van der Waals surface area contributed by atoms with E-state index in [0.29, 0.717) is 11.1 Å². The Kier molecular flexibility index (Phi) is 6.06. The molecule has 1 saturated carbocycles. The van der Waals surface area contributed by atoms with Crippen LogP contribution in [0, 0.1) is 11.8 Å². The summed E-state index contributed by atoms with van der Waals surface area (Å²) < 4.78 is 0. The van der Waals surface area contributed by atoms with Crippen LogP contribution in [0.4, 0.5) is 0 Å². The number of carbonyl (C=O) groups is 1. The van der Waals surface area contributed by atoms with E-state index in [1.54, 1.807) is 0 Å². The minimum absolute atomic E-state index is 0.0289. The highest BCUT2D eigenvalue weighted by molar-refractivity contribution is 5.69. The smallest absolute Gasteiger partial charge is 0.306 e. The molecule has 3 heteroatoms. The number of carboxylic acids is 1. The Morgan fingerprint density at radius 3 is 1.75 bits per heavy atom. The molecule has 0 radical (unpaired) electrons. The number of piperidine rings is 1. The molecule has 0 spiro atoms. The fraction of sp³-hybridized carbons (Fsp3) is 0.941. The molecular formula is C17H33NO2. The van der Waals surface area contributed by atoms with E-state index in [0.717, 1.165) is 31.6 Å². The van der Waals surface area contributed by atoms with Crippen LogP contribution in [0.2, 0.25) is 0 Å². The summed E-state index contributed by atoms with van der Waals surface area (Å²) in [4.78, 5) is 10.4. The quantitative estimate of drug-likeness (QED) is 0.757. The molecule has 0 aromatic rings. The number of hydrogen-bond acceptors (Lipinski definition) is 2. The fourth-order valence-corrected chi connectivity index (χ4v) is 4.18. The molecule has 1 aliphatic carbocycles. The van der Waals surface area contributed by atoms with E-state index in [2.05, 4.69) is 39.9 Å². The predicted molar refractivity (Wildman–Crippen MR) is 83.9 cm³/mol. The van der Waals surface area contributed by atoms with Crippen LogP contribution >= 0.6 is 0 Å². The summed E-state index contributed by atoms with van der Waals surface area (Å²) in [5.74, 6) is 0.231. The van der Waals surface area contributed by atoms with Crippen molar-refractivity contribution in [3.8, 4) is 0 Å². The highest BCUT2D eigenvalue weighted by Crippen LogP contribution is 2.32. The Morgan fingerprint density at radius 2 is 1.45 bits per heavy atom. The largest absolute Gasteiger partial charge is 0.481 e. The van der Waals surface area contributed by atoms with Gasteiger partial charge in [-0.15, -0.1) is 0 Å². The molecule has 2 fully saturated rings. The second-order valence-corrected chi connectivity index (χ2v) is 8.08. The van der Waals surface area contributed by atoms with Gasteiger partial charge in [-0.1, -0.05) is 26.2 Å². The summed E-state index contributed by atoms with van der Waals surface area (Å²) in [5, 5.41) is 12.2. The van der Waals surface area contributed by atoms with Crippen molar-refractivity contribution in [2.45, 2.75) is 90.6 Å². The summed E-state index contributed by atoms with van der Waals surface area (Å²) in [6, 6.07) is 0. The summed E-state index contributed by atoms with van der Waals surface area (Å²) in [7, 11) is 0. The van der Waals surface area contributed by atoms with Crippen molar-refractivity contribution in [3.63, 3.8) is 0 Å². The Labute approximate surface area is 124 Å². The van der Waals surface area contributed by atoms with Crippen molar-refractivity contribution in [2.75, 3.05) is 0 Å². The van der Waals surface area contributed by atoms with E-state index in [4.69, 9.17) is 5.11 Å². The third kappa shape index (κ3) is 6.25. The molecule has 2 N–H and O–H groups in total. The van der Waals surface area contributed by atoms with Gasteiger partial charge in [0.2, 0.25) is 0 Å². The first kappa shape index (κ1) is 17.5. The molecular weight excluding hydrogens is 250 g/mol. The van der Waals surface area contributed by atoms with E-state index < -0.39 is 5.97 Å². The molecule has 2 aliphatic rings. The average Bonchev–Trinajstić information content (AvgIpc) is 2.25. The Hall–Kier alpha value is -0.570. The van der Waals surface area contributed by atoms with Gasteiger partial charge in [0.25, 0.3) is 0 Å². The first-order valence-electron chi connectivity index (χ1n) is 8.13. The van der Waals surface area contributed by atoms with Gasteiger partial charge in [-0.05, 0) is 59.3 Å². The SMILES string of the molecule is CC1CC(C)(C)NC(C)(C)C1.O=C(O)C1CCCCC1. The van der Waals surface area contributed by atoms with Gasteiger partial charge in [-0.2, -0.15) is 0 Å². The zero-order valence-electron chi connectivity index (χ0n) is 14.0. The van der Waals surface area contributed by atoms with Gasteiger partial charge >= 0.3 is 5.97 Å². The molecule has 20 heavy (non-hydrogen) atoms. The molecule has 1 aliphatic heterocycles. The summed E-state index contributed by atoms with van der Waals surface area (Å²) in [6.07, 6.45) is 7.84. The number of aliphatic carboxylic acids is 1. The monoisotopic (exact) mass is 283 g/mol. The van der Waals surface area contributed by atoms with E-state index in [1.807, 2.05) is 0 Å². The van der Waals surface area contributed by atoms with E-state index in [1.165, 1.54) is 19.3 Å². The highest BCUT2D eigenvalue weighted by atomic mass is 16.4. The number of nitrogens with one attached hydrogen (secondary N) is 1. The normalized spacial score (nSPS) is 26.4. The maximum absolute atomic E-state index is 10.4. The second-order valence-electron chi connectivity index (χ2n) is 8.08. The Morgan fingerprint density at radius 1 is 1.00 bits per heavy atom. The first-order valence-corrected chi connectivity index (χ1v) is 8.13. The maximum Gasteiger partial charge on any atom is 0.306 e. The van der Waals surface area contributed by atoms with E-state index in [9.17, 15) is 4.79 Å². The topological polar surface area (TPSA) is 49.3 Å². The van der Waals surface area contributed by atoms with Crippen molar-refractivity contribution in [3.05, 3.63) is 0 Å². The van der Waals surface area contributed by atoms with Gasteiger partial charge in [0.05, 0.1) is 5.92 Å². The summed E-state index contributed by atoms with van der Waals surface area (Å²) >= 11 is 0. The molecule has 2 rings (SSSR count). The number of carboxylic acid groups (broad SMARTS) is 1. The lowest BCUT2D eigenvalue weighted by atomic mass is 9.77. The zero-order valence-corrected chi connectivity index (χ0v) is 14.0. The maximum atomic E-state index is 10.4. The molecule has 118 valence electrons. The van der Waals surface area contributed by atoms with Gasteiger partial charge in [0.15, 0.2) is 0 Å². The third-order valence-corrected chi connectivity index (χ3v) is 4.35. The van der Waals surface area contributed by atoms with Crippen LogP contribution in [0.15, 0.2) is 0 Å². The molecule has 1 heterocycles. The van der Waals surface area contributed by atoms with Crippen LogP contribution in [0.25, 0.3) is 0 Å². The summed E-state index contributed by atoms with van der Waals surface area (Å²) in [5.41, 5.74) is 0.669. The van der Waals surface area contributed by atoms with Crippen LogP contribution in [0.1, 0.15) is 79.6 Å². The molecule has 0 bridgehead atoms. The van der Waals surface area contributed by atoms with Crippen molar-refractivity contribution >= 4 is 5.97 Å². The van der Waals surface area contributed by atoms with Crippen LogP contribution < -0.4 is 5.32 Å². The first-order chi connectivity index (χ1) is 9.11. The fourth-order valence-electron chi connectivity index (χ4n) is 4.18. The van der Waals surface area contributed by atoms with Crippen LogP contribution in [-0.2, 0) is 4.79 Å². The van der Waals surface area contributed by atoms with E-state index >= 15 is 0 Å².